The zero-order valence-electron chi connectivity index (χ0n) is 14.7. The standard InChI is InChI=1S/C19H27NO4/c1-13(2)24-16-10-8-15(9-11-16)19(22)23-12-18(21)20-17-7-5-4-6-14(17)3/h8-11,13-14,17H,4-7,12H2,1-3H3,(H,20,21)/t14-,17-/m1/s1. The van der Waals surface area contributed by atoms with Crippen LogP contribution in [0.5, 0.6) is 5.75 Å². The van der Waals surface area contributed by atoms with E-state index in [0.29, 0.717) is 17.2 Å². The van der Waals surface area contributed by atoms with Gasteiger partial charge < -0.3 is 14.8 Å². The predicted octanol–water partition coefficient (Wildman–Crippen LogP) is 3.33. The first-order valence-corrected chi connectivity index (χ1v) is 8.69. The van der Waals surface area contributed by atoms with Crippen LogP contribution in [-0.4, -0.2) is 30.6 Å². The van der Waals surface area contributed by atoms with Crippen LogP contribution >= 0.6 is 0 Å². The predicted molar refractivity (Wildman–Crippen MR) is 92.1 cm³/mol. The largest absolute Gasteiger partial charge is 0.491 e. The van der Waals surface area contributed by atoms with Crippen molar-refractivity contribution in [1.29, 1.82) is 0 Å². The highest BCUT2D eigenvalue weighted by atomic mass is 16.5. The van der Waals surface area contributed by atoms with E-state index < -0.39 is 5.97 Å². The summed E-state index contributed by atoms with van der Waals surface area (Å²) in [6, 6.07) is 6.92. The highest BCUT2D eigenvalue weighted by Crippen LogP contribution is 2.23. The summed E-state index contributed by atoms with van der Waals surface area (Å²) in [5, 5.41) is 2.97. The Morgan fingerprint density at radius 3 is 2.46 bits per heavy atom. The summed E-state index contributed by atoms with van der Waals surface area (Å²) in [5.74, 6) is 0.442. The minimum absolute atomic E-state index is 0.0775. The lowest BCUT2D eigenvalue weighted by Crippen LogP contribution is -2.42. The van der Waals surface area contributed by atoms with E-state index in [4.69, 9.17) is 9.47 Å². The number of hydrogen-bond donors (Lipinski definition) is 1. The summed E-state index contributed by atoms with van der Waals surface area (Å²) in [6.45, 7) is 5.78. The van der Waals surface area contributed by atoms with Crippen LogP contribution < -0.4 is 10.1 Å². The topological polar surface area (TPSA) is 64.6 Å². The van der Waals surface area contributed by atoms with Crippen molar-refractivity contribution >= 4 is 11.9 Å². The fourth-order valence-corrected chi connectivity index (χ4v) is 2.94. The maximum Gasteiger partial charge on any atom is 0.338 e. The van der Waals surface area contributed by atoms with E-state index in [0.717, 1.165) is 19.3 Å². The van der Waals surface area contributed by atoms with Crippen molar-refractivity contribution in [1.82, 2.24) is 5.32 Å². The lowest BCUT2D eigenvalue weighted by Gasteiger charge is -2.29. The maximum absolute atomic E-state index is 12.0. The van der Waals surface area contributed by atoms with E-state index in [9.17, 15) is 9.59 Å². The summed E-state index contributed by atoms with van der Waals surface area (Å²) in [7, 11) is 0. The van der Waals surface area contributed by atoms with Crippen LogP contribution in [0.2, 0.25) is 0 Å². The molecule has 0 radical (unpaired) electrons. The summed E-state index contributed by atoms with van der Waals surface area (Å²) < 4.78 is 10.6. The van der Waals surface area contributed by atoms with Crippen LogP contribution in [0.4, 0.5) is 0 Å². The first-order valence-electron chi connectivity index (χ1n) is 8.69. The Labute approximate surface area is 143 Å². The van der Waals surface area contributed by atoms with Gasteiger partial charge >= 0.3 is 5.97 Å². The Balaban J connectivity index is 1.78. The first kappa shape index (κ1) is 18.3. The second-order valence-corrected chi connectivity index (χ2v) is 6.70. The number of nitrogens with one attached hydrogen (secondary N) is 1. The molecule has 0 saturated heterocycles. The van der Waals surface area contributed by atoms with E-state index >= 15 is 0 Å². The normalized spacial score (nSPS) is 20.5. The molecule has 0 aromatic heterocycles. The molecular weight excluding hydrogens is 306 g/mol. The Morgan fingerprint density at radius 1 is 1.17 bits per heavy atom. The third-order valence-corrected chi connectivity index (χ3v) is 4.25. The molecule has 1 N–H and O–H groups in total. The number of esters is 1. The van der Waals surface area contributed by atoms with Crippen LogP contribution in [-0.2, 0) is 9.53 Å². The second-order valence-electron chi connectivity index (χ2n) is 6.70. The molecule has 1 aromatic carbocycles. The summed E-state index contributed by atoms with van der Waals surface area (Å²) in [5.41, 5.74) is 0.407. The van der Waals surface area contributed by atoms with Gasteiger partial charge in [-0.2, -0.15) is 0 Å². The van der Waals surface area contributed by atoms with Crippen molar-refractivity contribution in [3.63, 3.8) is 0 Å². The number of benzene rings is 1. The summed E-state index contributed by atoms with van der Waals surface area (Å²) >= 11 is 0. The molecule has 24 heavy (non-hydrogen) atoms. The minimum Gasteiger partial charge on any atom is -0.491 e. The van der Waals surface area contributed by atoms with Crippen LogP contribution in [0, 0.1) is 5.92 Å². The molecule has 1 aromatic rings. The number of carbonyl (C=O) groups is 2. The third-order valence-electron chi connectivity index (χ3n) is 4.25. The van der Waals surface area contributed by atoms with Crippen LogP contribution in [0.15, 0.2) is 24.3 Å². The Bertz CT molecular complexity index is 553. The lowest BCUT2D eigenvalue weighted by atomic mass is 9.86. The summed E-state index contributed by atoms with van der Waals surface area (Å²) in [4.78, 5) is 24.0. The quantitative estimate of drug-likeness (QED) is 0.811. The SMILES string of the molecule is CC(C)Oc1ccc(C(=O)OCC(=O)N[C@@H]2CCCC[C@H]2C)cc1. The van der Waals surface area contributed by atoms with E-state index in [1.54, 1.807) is 24.3 Å². The van der Waals surface area contributed by atoms with Crippen molar-refractivity contribution in [3.8, 4) is 5.75 Å². The molecular formula is C19H27NO4. The molecule has 2 rings (SSSR count). The van der Waals surface area contributed by atoms with Crippen molar-refractivity contribution in [2.24, 2.45) is 5.92 Å². The number of ether oxygens (including phenoxy) is 2. The molecule has 0 aliphatic heterocycles. The smallest absolute Gasteiger partial charge is 0.338 e. The molecule has 1 amide bonds. The molecule has 1 aliphatic rings. The van der Waals surface area contributed by atoms with Gasteiger partial charge in [0.1, 0.15) is 5.75 Å². The van der Waals surface area contributed by atoms with Crippen LogP contribution in [0.1, 0.15) is 56.8 Å². The molecule has 0 heterocycles. The molecule has 5 heteroatoms. The number of amides is 1. The fraction of sp³-hybridized carbons (Fsp3) is 0.579. The molecule has 0 unspecified atom stereocenters. The van der Waals surface area contributed by atoms with Gasteiger partial charge in [-0.1, -0.05) is 19.8 Å². The maximum atomic E-state index is 12.0. The molecule has 0 bridgehead atoms. The first-order chi connectivity index (χ1) is 11.5. The van der Waals surface area contributed by atoms with Crippen molar-refractivity contribution in [2.45, 2.75) is 58.6 Å². The molecule has 0 spiro atoms. The van der Waals surface area contributed by atoms with Crippen LogP contribution in [0.25, 0.3) is 0 Å². The van der Waals surface area contributed by atoms with Gasteiger partial charge in [0.05, 0.1) is 11.7 Å². The number of carbonyl (C=O) groups excluding carboxylic acids is 2. The van der Waals surface area contributed by atoms with E-state index in [1.165, 1.54) is 6.42 Å². The van der Waals surface area contributed by atoms with Gasteiger partial charge in [0, 0.05) is 6.04 Å². The van der Waals surface area contributed by atoms with Crippen LogP contribution in [0.3, 0.4) is 0 Å². The van der Waals surface area contributed by atoms with Gasteiger partial charge in [-0.3, -0.25) is 4.79 Å². The number of rotatable bonds is 6. The minimum atomic E-state index is -0.502. The van der Waals surface area contributed by atoms with E-state index in [-0.39, 0.29) is 24.7 Å². The second kappa shape index (κ2) is 8.71. The number of hydrogen-bond acceptors (Lipinski definition) is 4. The molecule has 1 saturated carbocycles. The van der Waals surface area contributed by atoms with Gasteiger partial charge in [-0.15, -0.1) is 0 Å². The summed E-state index contributed by atoms with van der Waals surface area (Å²) in [6.07, 6.45) is 4.57. The Morgan fingerprint density at radius 2 is 1.83 bits per heavy atom. The van der Waals surface area contributed by atoms with E-state index in [1.807, 2.05) is 13.8 Å². The highest BCUT2D eigenvalue weighted by Gasteiger charge is 2.23. The monoisotopic (exact) mass is 333 g/mol. The molecule has 2 atom stereocenters. The van der Waals surface area contributed by atoms with E-state index in [2.05, 4.69) is 12.2 Å². The zero-order valence-corrected chi connectivity index (χ0v) is 14.7. The Hall–Kier alpha value is -2.04. The van der Waals surface area contributed by atoms with Gasteiger partial charge in [0.15, 0.2) is 6.61 Å². The third kappa shape index (κ3) is 5.55. The Kier molecular flexibility index (Phi) is 6.64. The fourth-order valence-electron chi connectivity index (χ4n) is 2.94. The van der Waals surface area contributed by atoms with Crippen molar-refractivity contribution < 1.29 is 19.1 Å². The van der Waals surface area contributed by atoms with Gasteiger partial charge in [-0.05, 0) is 56.9 Å². The highest BCUT2D eigenvalue weighted by molar-refractivity contribution is 5.91. The average Bonchev–Trinajstić information content (AvgIpc) is 2.55. The van der Waals surface area contributed by atoms with Crippen molar-refractivity contribution in [3.05, 3.63) is 29.8 Å². The van der Waals surface area contributed by atoms with Crippen molar-refractivity contribution in [2.75, 3.05) is 6.61 Å². The van der Waals surface area contributed by atoms with Gasteiger partial charge in [0.2, 0.25) is 0 Å². The van der Waals surface area contributed by atoms with Gasteiger partial charge in [0.25, 0.3) is 5.91 Å². The molecule has 5 nitrogen and oxygen atoms in total. The molecule has 132 valence electrons. The van der Waals surface area contributed by atoms with Gasteiger partial charge in [-0.25, -0.2) is 4.79 Å². The lowest BCUT2D eigenvalue weighted by molar-refractivity contribution is -0.125. The molecule has 1 aliphatic carbocycles. The molecule has 1 fully saturated rings. The average molecular weight is 333 g/mol. The zero-order chi connectivity index (χ0) is 17.5.